The molecule has 1 aliphatic carbocycles. The summed E-state index contributed by atoms with van der Waals surface area (Å²) in [5, 5.41) is 9.04. The Balaban J connectivity index is 1.49. The number of halogens is 3. The number of ether oxygens (including phenoxy) is 1. The summed E-state index contributed by atoms with van der Waals surface area (Å²) < 4.78 is 45.6. The minimum absolute atomic E-state index is 0.0553. The van der Waals surface area contributed by atoms with E-state index < -0.39 is 11.7 Å². The number of nitriles is 1. The third kappa shape index (κ3) is 4.32. The second-order valence-corrected chi connectivity index (χ2v) is 9.54. The van der Waals surface area contributed by atoms with Crippen molar-refractivity contribution in [3.63, 3.8) is 0 Å². The number of nitrogens with zero attached hydrogens (tertiary/aromatic N) is 3. The van der Waals surface area contributed by atoms with Crippen molar-refractivity contribution in [1.82, 2.24) is 4.90 Å². The predicted molar refractivity (Wildman–Crippen MR) is 114 cm³/mol. The summed E-state index contributed by atoms with van der Waals surface area (Å²) in [6.45, 7) is 3.25. The highest BCUT2D eigenvalue weighted by Gasteiger charge is 2.50. The van der Waals surface area contributed by atoms with Crippen molar-refractivity contribution in [3.8, 4) is 6.07 Å². The monoisotopic (exact) mass is 449 g/mol. The van der Waals surface area contributed by atoms with Crippen LogP contribution in [0.15, 0.2) is 18.2 Å². The second-order valence-electron chi connectivity index (χ2n) is 9.54. The van der Waals surface area contributed by atoms with Gasteiger partial charge in [0, 0.05) is 50.8 Å². The van der Waals surface area contributed by atoms with Gasteiger partial charge >= 0.3 is 6.18 Å². The van der Waals surface area contributed by atoms with Crippen molar-refractivity contribution in [2.75, 3.05) is 44.8 Å². The van der Waals surface area contributed by atoms with E-state index in [4.69, 9.17) is 10.00 Å². The first-order chi connectivity index (χ1) is 15.3. The Kier molecular flexibility index (Phi) is 6.39. The Hall–Kier alpha value is -2.27. The van der Waals surface area contributed by atoms with E-state index in [2.05, 4.69) is 0 Å². The van der Waals surface area contributed by atoms with Gasteiger partial charge in [-0.1, -0.05) is 12.8 Å². The zero-order valence-electron chi connectivity index (χ0n) is 18.5. The number of benzene rings is 1. The van der Waals surface area contributed by atoms with E-state index in [1.54, 1.807) is 19.2 Å². The average Bonchev–Trinajstić information content (AvgIpc) is 3.42. The number of alkyl halides is 3. The fourth-order valence-corrected chi connectivity index (χ4v) is 5.90. The molecule has 4 rings (SSSR count). The molecule has 8 heteroatoms. The summed E-state index contributed by atoms with van der Waals surface area (Å²) in [4.78, 5) is 17.0. The van der Waals surface area contributed by atoms with Crippen molar-refractivity contribution >= 4 is 11.6 Å². The molecule has 2 aliphatic heterocycles. The normalized spacial score (nSPS) is 23.7. The number of rotatable bonds is 4. The topological polar surface area (TPSA) is 56.6 Å². The maximum Gasteiger partial charge on any atom is 0.417 e. The van der Waals surface area contributed by atoms with Crippen LogP contribution in [-0.2, 0) is 15.7 Å². The number of methoxy groups -OCH3 is 1. The van der Waals surface area contributed by atoms with Crippen LogP contribution in [0, 0.1) is 28.6 Å². The van der Waals surface area contributed by atoms with Gasteiger partial charge in [-0.25, -0.2) is 0 Å². The highest BCUT2D eigenvalue weighted by Crippen LogP contribution is 2.47. The number of hydrogen-bond donors (Lipinski definition) is 0. The number of piperidine rings is 1. The van der Waals surface area contributed by atoms with Crippen LogP contribution in [-0.4, -0.2) is 50.7 Å². The van der Waals surface area contributed by atoms with Crippen LogP contribution >= 0.6 is 0 Å². The molecule has 0 aromatic heterocycles. The zero-order valence-corrected chi connectivity index (χ0v) is 18.5. The maximum atomic E-state index is 13.4. The van der Waals surface area contributed by atoms with Crippen molar-refractivity contribution in [3.05, 3.63) is 29.3 Å². The zero-order chi connectivity index (χ0) is 22.9. The van der Waals surface area contributed by atoms with Crippen LogP contribution in [0.5, 0.6) is 0 Å². The van der Waals surface area contributed by atoms with Crippen molar-refractivity contribution in [1.29, 1.82) is 5.26 Å². The third-order valence-corrected chi connectivity index (χ3v) is 7.75. The molecular formula is C24H30F3N3O2. The fourth-order valence-electron chi connectivity index (χ4n) is 5.90. The number of carbonyl (C=O) groups is 1. The van der Waals surface area contributed by atoms with Crippen molar-refractivity contribution in [2.45, 2.75) is 44.7 Å². The first kappa shape index (κ1) is 22.9. The molecule has 1 spiro atoms. The first-order valence-corrected chi connectivity index (χ1v) is 11.4. The Morgan fingerprint density at radius 1 is 1.25 bits per heavy atom. The van der Waals surface area contributed by atoms with Crippen LogP contribution in [0.4, 0.5) is 18.9 Å². The molecule has 2 heterocycles. The molecule has 3 aliphatic rings. The lowest BCUT2D eigenvalue weighted by Gasteiger charge is -2.43. The predicted octanol–water partition coefficient (Wildman–Crippen LogP) is 4.46. The molecule has 0 N–H and O–H groups in total. The van der Waals surface area contributed by atoms with E-state index in [1.165, 1.54) is 6.07 Å². The number of amides is 1. The number of hydrogen-bond acceptors (Lipinski definition) is 4. The molecule has 1 amide bonds. The van der Waals surface area contributed by atoms with Crippen molar-refractivity contribution < 1.29 is 22.7 Å². The summed E-state index contributed by atoms with van der Waals surface area (Å²) in [5.41, 5.74) is -0.803. The Morgan fingerprint density at radius 2 is 1.94 bits per heavy atom. The molecule has 0 radical (unpaired) electrons. The quantitative estimate of drug-likeness (QED) is 0.681. The lowest BCUT2D eigenvalue weighted by Crippen LogP contribution is -2.45. The minimum atomic E-state index is -4.56. The molecule has 2 saturated heterocycles. The van der Waals surface area contributed by atoms with Gasteiger partial charge in [0.25, 0.3) is 0 Å². The molecular weight excluding hydrogens is 419 g/mol. The molecule has 1 aromatic carbocycles. The summed E-state index contributed by atoms with van der Waals surface area (Å²) in [7, 11) is 1.68. The molecule has 5 nitrogen and oxygen atoms in total. The van der Waals surface area contributed by atoms with Gasteiger partial charge in [-0.15, -0.1) is 0 Å². The molecule has 32 heavy (non-hydrogen) atoms. The average molecular weight is 450 g/mol. The number of anilines is 1. The number of carbonyl (C=O) groups excluding carboxylic acids is 1. The SMILES string of the molecule is COCC1CN(C(=O)C2CCCC2)CC12CCN(c1ccc(C#N)c(C(F)(F)F)c1)CC2. The van der Waals surface area contributed by atoms with E-state index in [9.17, 15) is 18.0 Å². The second kappa shape index (κ2) is 8.93. The maximum absolute atomic E-state index is 13.4. The largest absolute Gasteiger partial charge is 0.417 e. The van der Waals surface area contributed by atoms with Gasteiger partial charge in [0.1, 0.15) is 0 Å². The summed E-state index contributed by atoms with van der Waals surface area (Å²) in [5.74, 6) is 0.657. The van der Waals surface area contributed by atoms with Crippen LogP contribution in [0.3, 0.4) is 0 Å². The summed E-state index contributed by atoms with van der Waals surface area (Å²) >= 11 is 0. The Labute approximate surface area is 187 Å². The van der Waals surface area contributed by atoms with Crippen LogP contribution in [0.2, 0.25) is 0 Å². The van der Waals surface area contributed by atoms with Gasteiger partial charge in [0.15, 0.2) is 0 Å². The molecule has 0 bridgehead atoms. The van der Waals surface area contributed by atoms with Crippen LogP contribution < -0.4 is 4.90 Å². The van der Waals surface area contributed by atoms with Crippen LogP contribution in [0.1, 0.15) is 49.7 Å². The van der Waals surface area contributed by atoms with E-state index in [1.807, 2.05) is 9.80 Å². The smallest absolute Gasteiger partial charge is 0.384 e. The van der Waals surface area contributed by atoms with Gasteiger partial charge in [-0.05, 0) is 49.3 Å². The number of likely N-dealkylation sites (tertiary alicyclic amines) is 1. The Morgan fingerprint density at radius 3 is 2.53 bits per heavy atom. The first-order valence-electron chi connectivity index (χ1n) is 11.4. The molecule has 1 atom stereocenters. The van der Waals surface area contributed by atoms with E-state index in [0.29, 0.717) is 38.5 Å². The lowest BCUT2D eigenvalue weighted by molar-refractivity contribution is -0.137. The summed E-state index contributed by atoms with van der Waals surface area (Å²) in [6, 6.07) is 5.59. The van der Waals surface area contributed by atoms with E-state index in [-0.39, 0.29) is 28.7 Å². The van der Waals surface area contributed by atoms with Gasteiger partial charge in [-0.3, -0.25) is 4.79 Å². The van der Waals surface area contributed by atoms with Gasteiger partial charge in [0.2, 0.25) is 5.91 Å². The van der Waals surface area contributed by atoms with E-state index >= 15 is 0 Å². The molecule has 1 saturated carbocycles. The summed E-state index contributed by atoms with van der Waals surface area (Å²) in [6.07, 6.45) is 1.24. The molecule has 3 fully saturated rings. The van der Waals surface area contributed by atoms with Crippen molar-refractivity contribution in [2.24, 2.45) is 17.3 Å². The van der Waals surface area contributed by atoms with Gasteiger partial charge < -0.3 is 14.5 Å². The minimum Gasteiger partial charge on any atom is -0.384 e. The third-order valence-electron chi connectivity index (χ3n) is 7.75. The van der Waals surface area contributed by atoms with Gasteiger partial charge in [-0.2, -0.15) is 18.4 Å². The molecule has 1 aromatic rings. The van der Waals surface area contributed by atoms with Gasteiger partial charge in [0.05, 0.1) is 23.8 Å². The Bertz CT molecular complexity index is 881. The molecule has 174 valence electrons. The molecule has 1 unspecified atom stereocenters. The lowest BCUT2D eigenvalue weighted by atomic mass is 9.71. The van der Waals surface area contributed by atoms with E-state index in [0.717, 1.165) is 44.6 Å². The highest BCUT2D eigenvalue weighted by atomic mass is 19.4. The standard InChI is InChI=1S/C24H30F3N3O2/c1-32-15-19-14-30(22(31)17-4-2-3-5-17)16-23(19)8-10-29(11-9-23)20-7-6-18(13-28)21(12-20)24(25,26)27/h6-7,12,17,19H,2-5,8-11,14-16H2,1H3. The van der Waals surface area contributed by atoms with Crippen LogP contribution in [0.25, 0.3) is 0 Å². The fraction of sp³-hybridized carbons (Fsp3) is 0.667. The highest BCUT2D eigenvalue weighted by molar-refractivity contribution is 5.79.